The van der Waals surface area contributed by atoms with Crippen molar-refractivity contribution >= 4 is 0 Å². The average molecular weight is 229 g/mol. The van der Waals surface area contributed by atoms with Crippen LogP contribution in [0.3, 0.4) is 0 Å². The first-order chi connectivity index (χ1) is 8.28. The molecule has 2 fully saturated rings. The molecule has 17 heavy (non-hydrogen) atoms. The molecule has 92 valence electrons. The fraction of sp³-hybridized carbons (Fsp3) is 0.625. The Bertz CT molecular complexity index is 386. The van der Waals surface area contributed by atoms with Gasteiger partial charge in [0.25, 0.3) is 0 Å². The van der Waals surface area contributed by atoms with Gasteiger partial charge in [-0.25, -0.2) is 0 Å². The summed E-state index contributed by atoms with van der Waals surface area (Å²) in [5.41, 5.74) is 3.41. The third-order valence-electron chi connectivity index (χ3n) is 4.50. The van der Waals surface area contributed by atoms with E-state index in [1.165, 1.54) is 50.6 Å². The van der Waals surface area contributed by atoms with Crippen molar-refractivity contribution in [1.82, 2.24) is 5.32 Å². The summed E-state index contributed by atoms with van der Waals surface area (Å²) >= 11 is 0. The first-order valence-electron chi connectivity index (χ1n) is 7.09. The molecule has 0 unspecified atom stereocenters. The third-order valence-corrected chi connectivity index (χ3v) is 4.50. The largest absolute Gasteiger partial charge is 0.313 e. The molecule has 1 aromatic rings. The molecule has 0 heterocycles. The topological polar surface area (TPSA) is 12.0 Å². The van der Waals surface area contributed by atoms with E-state index in [-0.39, 0.29) is 0 Å². The van der Waals surface area contributed by atoms with Crippen molar-refractivity contribution < 1.29 is 0 Å². The number of rotatable bonds is 4. The number of benzene rings is 1. The Morgan fingerprint density at radius 1 is 1.24 bits per heavy atom. The molecule has 0 saturated heterocycles. The van der Waals surface area contributed by atoms with Crippen LogP contribution in [0.15, 0.2) is 24.3 Å². The summed E-state index contributed by atoms with van der Waals surface area (Å²) in [5.74, 6) is 0. The second kappa shape index (κ2) is 4.45. The number of hydrogen-bond donors (Lipinski definition) is 1. The van der Waals surface area contributed by atoms with E-state index in [9.17, 15) is 0 Å². The molecule has 1 N–H and O–H groups in total. The minimum absolute atomic E-state index is 0.439. The average Bonchev–Trinajstić information content (AvgIpc) is 3.04. The maximum atomic E-state index is 3.76. The van der Waals surface area contributed by atoms with Crippen LogP contribution in [-0.4, -0.2) is 12.6 Å². The van der Waals surface area contributed by atoms with Crippen LogP contribution >= 0.6 is 0 Å². The molecule has 0 bridgehead atoms. The quantitative estimate of drug-likeness (QED) is 0.832. The summed E-state index contributed by atoms with van der Waals surface area (Å²) in [4.78, 5) is 0. The molecular weight excluding hydrogens is 206 g/mol. The monoisotopic (exact) mass is 229 g/mol. The van der Waals surface area contributed by atoms with Crippen LogP contribution in [-0.2, 0) is 5.41 Å². The lowest BCUT2D eigenvalue weighted by Crippen LogP contribution is -2.37. The van der Waals surface area contributed by atoms with Gasteiger partial charge in [-0.3, -0.25) is 0 Å². The minimum atomic E-state index is 0.439. The van der Waals surface area contributed by atoms with Gasteiger partial charge in [0.05, 0.1) is 0 Å². The smallest absolute Gasteiger partial charge is 0.00779 e. The summed E-state index contributed by atoms with van der Waals surface area (Å²) < 4.78 is 0. The highest BCUT2D eigenvalue weighted by Crippen LogP contribution is 2.41. The van der Waals surface area contributed by atoms with E-state index >= 15 is 0 Å². The normalized spacial score (nSPS) is 22.9. The van der Waals surface area contributed by atoms with Crippen LogP contribution in [0.25, 0.3) is 0 Å². The molecule has 3 rings (SSSR count). The summed E-state index contributed by atoms with van der Waals surface area (Å²) in [6.07, 6.45) is 8.33. The second-order valence-electron chi connectivity index (χ2n) is 6.01. The molecule has 0 aliphatic heterocycles. The molecule has 1 heteroatoms. The second-order valence-corrected chi connectivity index (χ2v) is 6.01. The highest BCUT2D eigenvalue weighted by Gasteiger charge is 2.36. The van der Waals surface area contributed by atoms with Crippen LogP contribution in [0, 0.1) is 6.92 Å². The number of aryl methyl sites for hydroxylation is 1. The Balaban J connectivity index is 1.81. The van der Waals surface area contributed by atoms with E-state index in [0.29, 0.717) is 5.41 Å². The van der Waals surface area contributed by atoms with Gasteiger partial charge in [-0.05, 0) is 38.2 Å². The highest BCUT2D eigenvalue weighted by atomic mass is 15.0. The van der Waals surface area contributed by atoms with E-state index in [1.54, 1.807) is 5.56 Å². The molecule has 0 radical (unpaired) electrons. The van der Waals surface area contributed by atoms with Crippen LogP contribution in [0.5, 0.6) is 0 Å². The molecular formula is C16H23N. The zero-order valence-corrected chi connectivity index (χ0v) is 10.8. The molecule has 0 atom stereocenters. The van der Waals surface area contributed by atoms with Gasteiger partial charge in [0.1, 0.15) is 0 Å². The summed E-state index contributed by atoms with van der Waals surface area (Å²) in [6, 6.07) is 10.0. The molecule has 0 aromatic heterocycles. The minimum Gasteiger partial charge on any atom is -0.313 e. The summed E-state index contributed by atoms with van der Waals surface area (Å²) in [5, 5.41) is 3.76. The van der Waals surface area contributed by atoms with E-state index in [2.05, 4.69) is 36.5 Å². The van der Waals surface area contributed by atoms with Crippen LogP contribution in [0.1, 0.15) is 49.7 Å². The van der Waals surface area contributed by atoms with E-state index in [4.69, 9.17) is 0 Å². The van der Waals surface area contributed by atoms with Gasteiger partial charge in [-0.2, -0.15) is 0 Å². The van der Waals surface area contributed by atoms with Gasteiger partial charge >= 0.3 is 0 Å². The molecule has 1 aromatic carbocycles. The maximum Gasteiger partial charge on any atom is 0.00779 e. The predicted octanol–water partition coefficient (Wildman–Crippen LogP) is 3.56. The number of hydrogen-bond acceptors (Lipinski definition) is 1. The molecule has 2 aliphatic carbocycles. The van der Waals surface area contributed by atoms with Crippen LogP contribution in [0.4, 0.5) is 0 Å². The lowest BCUT2D eigenvalue weighted by Gasteiger charge is -2.30. The van der Waals surface area contributed by atoms with Gasteiger partial charge in [0.15, 0.2) is 0 Å². The fourth-order valence-electron chi connectivity index (χ4n) is 3.22. The Labute approximate surface area is 105 Å². The fourth-order valence-corrected chi connectivity index (χ4v) is 3.22. The van der Waals surface area contributed by atoms with Crippen molar-refractivity contribution in [2.24, 2.45) is 0 Å². The van der Waals surface area contributed by atoms with Gasteiger partial charge in [-0.1, -0.05) is 42.7 Å². The molecule has 0 spiro atoms. The zero-order chi connectivity index (χ0) is 11.7. The Morgan fingerprint density at radius 2 is 2.00 bits per heavy atom. The molecule has 0 amide bonds. The zero-order valence-electron chi connectivity index (χ0n) is 10.8. The lowest BCUT2D eigenvalue weighted by molar-refractivity contribution is 0.403. The number of nitrogens with one attached hydrogen (secondary N) is 1. The van der Waals surface area contributed by atoms with Gasteiger partial charge in [-0.15, -0.1) is 0 Å². The predicted molar refractivity (Wildman–Crippen MR) is 72.3 cm³/mol. The Kier molecular flexibility index (Phi) is 2.96. The van der Waals surface area contributed by atoms with Crippen molar-refractivity contribution in [2.75, 3.05) is 6.54 Å². The van der Waals surface area contributed by atoms with Crippen molar-refractivity contribution in [2.45, 2.75) is 56.9 Å². The standard InChI is InChI=1S/C16H23N/c1-13-5-4-6-14(11-13)16(9-2-3-10-16)12-17-15-7-8-15/h4-6,11,15,17H,2-3,7-10,12H2,1H3. The van der Waals surface area contributed by atoms with Crippen molar-refractivity contribution in [3.8, 4) is 0 Å². The third kappa shape index (κ3) is 2.40. The van der Waals surface area contributed by atoms with Crippen molar-refractivity contribution in [1.29, 1.82) is 0 Å². The van der Waals surface area contributed by atoms with Gasteiger partial charge in [0, 0.05) is 18.0 Å². The summed E-state index contributed by atoms with van der Waals surface area (Å²) in [6.45, 7) is 3.40. The van der Waals surface area contributed by atoms with Crippen molar-refractivity contribution in [3.63, 3.8) is 0 Å². The highest BCUT2D eigenvalue weighted by molar-refractivity contribution is 5.31. The SMILES string of the molecule is Cc1cccc(C2(CNC3CC3)CCCC2)c1. The lowest BCUT2D eigenvalue weighted by atomic mass is 9.78. The van der Waals surface area contributed by atoms with E-state index in [1.807, 2.05) is 0 Å². The molecule has 1 nitrogen and oxygen atoms in total. The van der Waals surface area contributed by atoms with Crippen LogP contribution < -0.4 is 5.32 Å². The van der Waals surface area contributed by atoms with Gasteiger partial charge < -0.3 is 5.32 Å². The van der Waals surface area contributed by atoms with Gasteiger partial charge in [0.2, 0.25) is 0 Å². The Morgan fingerprint density at radius 3 is 2.65 bits per heavy atom. The Hall–Kier alpha value is -0.820. The van der Waals surface area contributed by atoms with Crippen LogP contribution in [0.2, 0.25) is 0 Å². The molecule has 2 saturated carbocycles. The molecule has 2 aliphatic rings. The van der Waals surface area contributed by atoms with E-state index < -0.39 is 0 Å². The first-order valence-corrected chi connectivity index (χ1v) is 7.09. The first kappa shape index (κ1) is 11.3. The maximum absolute atomic E-state index is 3.76. The van der Waals surface area contributed by atoms with E-state index in [0.717, 1.165) is 6.04 Å². The van der Waals surface area contributed by atoms with Crippen molar-refractivity contribution in [3.05, 3.63) is 35.4 Å². The summed E-state index contributed by atoms with van der Waals surface area (Å²) in [7, 11) is 0.